The first kappa shape index (κ1) is 9.83. The van der Waals surface area contributed by atoms with Crippen LogP contribution in [0.4, 0.5) is 0 Å². The van der Waals surface area contributed by atoms with Crippen LogP contribution in [0.5, 0.6) is 0 Å². The lowest BCUT2D eigenvalue weighted by atomic mass is 10.0. The Morgan fingerprint density at radius 1 is 1.29 bits per heavy atom. The highest BCUT2D eigenvalue weighted by molar-refractivity contribution is 7.13. The largest absolute Gasteiger partial charge is 0.392 e. The number of aliphatic hydroxyl groups is 2. The van der Waals surface area contributed by atoms with Crippen molar-refractivity contribution in [1.82, 2.24) is 0 Å². The number of rotatable bonds is 2. The Kier molecular flexibility index (Phi) is 2.67. The normalized spacial score (nSPS) is 32.0. The molecule has 2 unspecified atom stereocenters. The predicted octanol–water partition coefficient (Wildman–Crippen LogP) is 1.16. The molecule has 0 bridgehead atoms. The zero-order valence-electron chi connectivity index (χ0n) is 7.59. The molecule has 14 heavy (non-hydrogen) atoms. The zero-order valence-corrected chi connectivity index (χ0v) is 8.41. The number of hydrogen-bond acceptors (Lipinski definition) is 4. The fraction of sp³-hybridized carbons (Fsp3) is 0.500. The summed E-state index contributed by atoms with van der Waals surface area (Å²) in [6.07, 6.45) is 1.13. The summed E-state index contributed by atoms with van der Waals surface area (Å²) in [6, 6.07) is 3.54. The van der Waals surface area contributed by atoms with Gasteiger partial charge in [0.25, 0.3) is 0 Å². The molecule has 1 saturated carbocycles. The average molecular weight is 212 g/mol. The second kappa shape index (κ2) is 3.81. The maximum absolute atomic E-state index is 10.5. The number of aldehydes is 1. The SMILES string of the molecule is O=Cc1ccc(C2C(O)CCC2O)s1. The van der Waals surface area contributed by atoms with Crippen LogP contribution in [0.2, 0.25) is 0 Å². The van der Waals surface area contributed by atoms with Gasteiger partial charge in [0.05, 0.1) is 17.1 Å². The van der Waals surface area contributed by atoms with Crippen molar-refractivity contribution in [3.63, 3.8) is 0 Å². The topological polar surface area (TPSA) is 57.5 Å². The highest BCUT2D eigenvalue weighted by atomic mass is 32.1. The minimum Gasteiger partial charge on any atom is -0.392 e. The van der Waals surface area contributed by atoms with Crippen LogP contribution >= 0.6 is 11.3 Å². The summed E-state index contributed by atoms with van der Waals surface area (Å²) in [5.41, 5.74) is 0. The molecular formula is C10H12O3S. The van der Waals surface area contributed by atoms with E-state index < -0.39 is 12.2 Å². The van der Waals surface area contributed by atoms with Crippen molar-refractivity contribution in [2.75, 3.05) is 0 Å². The van der Waals surface area contributed by atoms with E-state index in [2.05, 4.69) is 0 Å². The van der Waals surface area contributed by atoms with Gasteiger partial charge in [-0.25, -0.2) is 0 Å². The average Bonchev–Trinajstić information content (AvgIpc) is 2.73. The minimum absolute atomic E-state index is 0.200. The Morgan fingerprint density at radius 2 is 1.93 bits per heavy atom. The number of thiophene rings is 1. The van der Waals surface area contributed by atoms with Crippen LogP contribution in [0.1, 0.15) is 33.3 Å². The first-order valence-electron chi connectivity index (χ1n) is 4.63. The number of carbonyl (C=O) groups excluding carboxylic acids is 1. The van der Waals surface area contributed by atoms with Crippen LogP contribution in [-0.2, 0) is 0 Å². The van der Waals surface area contributed by atoms with Gasteiger partial charge in [0.1, 0.15) is 0 Å². The van der Waals surface area contributed by atoms with Gasteiger partial charge in [0.15, 0.2) is 6.29 Å². The van der Waals surface area contributed by atoms with E-state index in [9.17, 15) is 15.0 Å². The first-order valence-corrected chi connectivity index (χ1v) is 5.45. The van der Waals surface area contributed by atoms with Crippen molar-refractivity contribution in [2.24, 2.45) is 0 Å². The van der Waals surface area contributed by atoms with Crippen molar-refractivity contribution >= 4 is 17.6 Å². The Morgan fingerprint density at radius 3 is 2.43 bits per heavy atom. The summed E-state index contributed by atoms with van der Waals surface area (Å²) >= 11 is 1.35. The summed E-state index contributed by atoms with van der Waals surface area (Å²) < 4.78 is 0. The van der Waals surface area contributed by atoms with E-state index in [1.54, 1.807) is 6.07 Å². The van der Waals surface area contributed by atoms with Crippen LogP contribution in [0.3, 0.4) is 0 Å². The fourth-order valence-corrected chi connectivity index (χ4v) is 2.99. The molecule has 4 heteroatoms. The zero-order chi connectivity index (χ0) is 10.1. The van der Waals surface area contributed by atoms with Crippen molar-refractivity contribution in [1.29, 1.82) is 0 Å². The van der Waals surface area contributed by atoms with E-state index in [0.717, 1.165) is 11.2 Å². The lowest BCUT2D eigenvalue weighted by molar-refractivity contribution is 0.109. The second-order valence-electron chi connectivity index (χ2n) is 3.60. The summed E-state index contributed by atoms with van der Waals surface area (Å²) in [6.45, 7) is 0. The highest BCUT2D eigenvalue weighted by Crippen LogP contribution is 2.37. The van der Waals surface area contributed by atoms with Gasteiger partial charge >= 0.3 is 0 Å². The molecule has 1 aromatic rings. The molecule has 0 radical (unpaired) electrons. The predicted molar refractivity (Wildman–Crippen MR) is 53.7 cm³/mol. The van der Waals surface area contributed by atoms with Gasteiger partial charge < -0.3 is 10.2 Å². The van der Waals surface area contributed by atoms with Crippen molar-refractivity contribution in [2.45, 2.75) is 31.0 Å². The smallest absolute Gasteiger partial charge is 0.160 e. The lowest BCUT2D eigenvalue weighted by Gasteiger charge is -2.15. The molecule has 1 heterocycles. The van der Waals surface area contributed by atoms with Gasteiger partial charge in [-0.3, -0.25) is 4.79 Å². The number of aliphatic hydroxyl groups excluding tert-OH is 2. The Bertz CT molecular complexity index is 324. The monoisotopic (exact) mass is 212 g/mol. The van der Waals surface area contributed by atoms with Gasteiger partial charge in [-0.2, -0.15) is 0 Å². The van der Waals surface area contributed by atoms with E-state index in [4.69, 9.17) is 0 Å². The molecule has 2 rings (SSSR count). The highest BCUT2D eigenvalue weighted by Gasteiger charge is 2.35. The van der Waals surface area contributed by atoms with Crippen molar-refractivity contribution < 1.29 is 15.0 Å². The van der Waals surface area contributed by atoms with Crippen LogP contribution in [0.25, 0.3) is 0 Å². The van der Waals surface area contributed by atoms with Gasteiger partial charge in [-0.1, -0.05) is 0 Å². The quantitative estimate of drug-likeness (QED) is 0.723. The number of carbonyl (C=O) groups is 1. The summed E-state index contributed by atoms with van der Waals surface area (Å²) in [7, 11) is 0. The van der Waals surface area contributed by atoms with Crippen LogP contribution in [0, 0.1) is 0 Å². The molecular weight excluding hydrogens is 200 g/mol. The van der Waals surface area contributed by atoms with E-state index in [0.29, 0.717) is 17.7 Å². The molecule has 2 atom stereocenters. The molecule has 0 amide bonds. The summed E-state index contributed by atoms with van der Waals surface area (Å²) in [4.78, 5) is 12.0. The van der Waals surface area contributed by atoms with E-state index in [1.807, 2.05) is 6.07 Å². The molecule has 2 N–H and O–H groups in total. The third-order valence-electron chi connectivity index (χ3n) is 2.68. The standard InChI is InChI=1S/C10H12O3S/c11-5-6-1-4-9(14-6)10-7(12)2-3-8(10)13/h1,4-5,7-8,10,12-13H,2-3H2. The molecule has 76 valence electrons. The molecule has 0 aromatic carbocycles. The molecule has 1 aromatic heterocycles. The van der Waals surface area contributed by atoms with Crippen molar-refractivity contribution in [3.05, 3.63) is 21.9 Å². The van der Waals surface area contributed by atoms with Gasteiger partial charge in [0.2, 0.25) is 0 Å². The maximum Gasteiger partial charge on any atom is 0.160 e. The molecule has 1 aliphatic carbocycles. The maximum atomic E-state index is 10.5. The van der Waals surface area contributed by atoms with E-state index in [1.165, 1.54) is 11.3 Å². The molecule has 0 saturated heterocycles. The van der Waals surface area contributed by atoms with Gasteiger partial charge in [0, 0.05) is 10.8 Å². The Labute approximate surface area is 86.0 Å². The first-order chi connectivity index (χ1) is 6.72. The Hall–Kier alpha value is -0.710. The molecule has 1 fully saturated rings. The molecule has 0 aliphatic heterocycles. The fourth-order valence-electron chi connectivity index (χ4n) is 1.95. The van der Waals surface area contributed by atoms with E-state index >= 15 is 0 Å². The van der Waals surface area contributed by atoms with Crippen LogP contribution in [0.15, 0.2) is 12.1 Å². The third-order valence-corrected chi connectivity index (χ3v) is 3.79. The van der Waals surface area contributed by atoms with E-state index in [-0.39, 0.29) is 5.92 Å². The molecule has 1 aliphatic rings. The van der Waals surface area contributed by atoms with Gasteiger partial charge in [-0.05, 0) is 25.0 Å². The Balaban J connectivity index is 2.24. The minimum atomic E-state index is -0.469. The third kappa shape index (κ3) is 1.61. The molecule has 0 spiro atoms. The van der Waals surface area contributed by atoms with Crippen LogP contribution < -0.4 is 0 Å². The van der Waals surface area contributed by atoms with Crippen LogP contribution in [-0.4, -0.2) is 28.7 Å². The lowest BCUT2D eigenvalue weighted by Crippen LogP contribution is -2.19. The van der Waals surface area contributed by atoms with Gasteiger partial charge in [-0.15, -0.1) is 11.3 Å². The summed E-state index contributed by atoms with van der Waals surface area (Å²) in [5, 5.41) is 19.3. The summed E-state index contributed by atoms with van der Waals surface area (Å²) in [5.74, 6) is -0.200. The number of hydrogen-bond donors (Lipinski definition) is 2. The van der Waals surface area contributed by atoms with Crippen molar-refractivity contribution in [3.8, 4) is 0 Å². The molecule has 3 nitrogen and oxygen atoms in total. The second-order valence-corrected chi connectivity index (χ2v) is 4.74.